The molecule has 0 aromatic heterocycles. The summed E-state index contributed by atoms with van der Waals surface area (Å²) in [5, 5.41) is 3.20. The Morgan fingerprint density at radius 2 is 2.14 bits per heavy atom. The average molecular weight is 193 g/mol. The largest absolute Gasteiger partial charge is 0.372 e. The molecule has 0 aromatic carbocycles. The second kappa shape index (κ2) is 3.87. The summed E-state index contributed by atoms with van der Waals surface area (Å²) in [4.78, 5) is 0. The van der Waals surface area contributed by atoms with Crippen LogP contribution in [0.5, 0.6) is 0 Å². The zero-order chi connectivity index (χ0) is 10.1. The summed E-state index contributed by atoms with van der Waals surface area (Å²) in [5.74, 6) is 0. The van der Waals surface area contributed by atoms with Gasteiger partial charge >= 0.3 is 0 Å². The first-order valence-corrected chi connectivity index (χ1v) is 5.39. The topological polar surface area (TPSA) is 21.3 Å². The van der Waals surface area contributed by atoms with E-state index < -0.39 is 0 Å². The monoisotopic (exact) mass is 193 g/mol. The van der Waals surface area contributed by atoms with Crippen molar-refractivity contribution in [1.82, 2.24) is 5.32 Å². The Morgan fingerprint density at radius 1 is 1.36 bits per heavy atom. The van der Waals surface area contributed by atoms with Crippen LogP contribution in [0.4, 0.5) is 0 Å². The Bertz CT molecular complexity index is 299. The van der Waals surface area contributed by atoms with E-state index in [0.717, 1.165) is 26.0 Å². The molecule has 1 unspecified atom stereocenters. The first-order valence-electron chi connectivity index (χ1n) is 5.39. The standard InChI is InChI=1S/C12H19NO/c1-8-6-9(2)12-10(8)4-5-14-11(12)7-13-3/h11,13H,4-7H2,1-3H3. The van der Waals surface area contributed by atoms with Crippen LogP contribution < -0.4 is 5.32 Å². The van der Waals surface area contributed by atoms with Crippen LogP contribution in [0.25, 0.3) is 0 Å². The third-order valence-corrected chi connectivity index (χ3v) is 3.21. The number of nitrogens with one attached hydrogen (secondary N) is 1. The number of ether oxygens (including phenoxy) is 1. The fraction of sp³-hybridized carbons (Fsp3) is 0.667. The van der Waals surface area contributed by atoms with Gasteiger partial charge in [-0.15, -0.1) is 0 Å². The van der Waals surface area contributed by atoms with Crippen LogP contribution >= 0.6 is 0 Å². The molecular weight excluding hydrogens is 174 g/mol. The first-order chi connectivity index (χ1) is 6.74. The van der Waals surface area contributed by atoms with E-state index in [1.165, 1.54) is 11.1 Å². The number of rotatable bonds is 2. The lowest BCUT2D eigenvalue weighted by molar-refractivity contribution is 0.0679. The molecule has 2 rings (SSSR count). The lowest BCUT2D eigenvalue weighted by Crippen LogP contribution is -2.32. The smallest absolute Gasteiger partial charge is 0.0951 e. The van der Waals surface area contributed by atoms with E-state index in [1.54, 1.807) is 11.1 Å². The number of allylic oxidation sites excluding steroid dienone is 2. The molecule has 0 amide bonds. The SMILES string of the molecule is CNCC1OCCC2=C(C)CC(C)=C21. The van der Waals surface area contributed by atoms with Gasteiger partial charge in [-0.2, -0.15) is 0 Å². The van der Waals surface area contributed by atoms with Crippen LogP contribution in [0.2, 0.25) is 0 Å². The molecule has 2 aliphatic rings. The molecule has 0 bridgehead atoms. The molecule has 78 valence electrons. The van der Waals surface area contributed by atoms with Gasteiger partial charge in [-0.25, -0.2) is 0 Å². The molecule has 2 nitrogen and oxygen atoms in total. The second-order valence-electron chi connectivity index (χ2n) is 4.30. The van der Waals surface area contributed by atoms with Gasteiger partial charge in [0.1, 0.15) is 0 Å². The van der Waals surface area contributed by atoms with E-state index in [-0.39, 0.29) is 0 Å². The molecular formula is C12H19NO. The molecule has 0 spiro atoms. The summed E-state index contributed by atoms with van der Waals surface area (Å²) in [6.45, 7) is 6.32. The summed E-state index contributed by atoms with van der Waals surface area (Å²) >= 11 is 0. The zero-order valence-corrected chi connectivity index (χ0v) is 9.31. The highest BCUT2D eigenvalue weighted by molar-refractivity contribution is 5.49. The van der Waals surface area contributed by atoms with Gasteiger partial charge in [0, 0.05) is 6.54 Å². The quantitative estimate of drug-likeness (QED) is 0.724. The molecule has 1 aliphatic carbocycles. The highest BCUT2D eigenvalue weighted by atomic mass is 16.5. The van der Waals surface area contributed by atoms with Crippen molar-refractivity contribution in [3.63, 3.8) is 0 Å². The first kappa shape index (κ1) is 9.94. The van der Waals surface area contributed by atoms with Crippen molar-refractivity contribution in [1.29, 1.82) is 0 Å². The molecule has 1 aliphatic heterocycles. The molecule has 0 saturated carbocycles. The van der Waals surface area contributed by atoms with Crippen LogP contribution in [0.15, 0.2) is 22.3 Å². The summed E-state index contributed by atoms with van der Waals surface area (Å²) in [5.41, 5.74) is 6.14. The Balaban J connectivity index is 2.27. The zero-order valence-electron chi connectivity index (χ0n) is 9.31. The molecule has 14 heavy (non-hydrogen) atoms. The Labute approximate surface area is 86.0 Å². The maximum atomic E-state index is 5.80. The highest BCUT2D eigenvalue weighted by Gasteiger charge is 2.29. The lowest BCUT2D eigenvalue weighted by Gasteiger charge is -2.28. The summed E-state index contributed by atoms with van der Waals surface area (Å²) in [6.07, 6.45) is 2.56. The van der Waals surface area contributed by atoms with E-state index in [0.29, 0.717) is 6.10 Å². The number of fused-ring (bicyclic) bond motifs is 1. The van der Waals surface area contributed by atoms with Crippen molar-refractivity contribution in [3.05, 3.63) is 22.3 Å². The molecule has 0 radical (unpaired) electrons. The minimum Gasteiger partial charge on any atom is -0.372 e. The molecule has 1 fully saturated rings. The van der Waals surface area contributed by atoms with Crippen molar-refractivity contribution in [2.24, 2.45) is 0 Å². The molecule has 1 heterocycles. The van der Waals surface area contributed by atoms with Gasteiger partial charge in [0.15, 0.2) is 0 Å². The van der Waals surface area contributed by atoms with Crippen molar-refractivity contribution >= 4 is 0 Å². The Hall–Kier alpha value is -0.600. The van der Waals surface area contributed by atoms with Crippen LogP contribution in [-0.4, -0.2) is 26.3 Å². The number of hydrogen-bond donors (Lipinski definition) is 1. The summed E-state index contributed by atoms with van der Waals surface area (Å²) in [6, 6.07) is 0. The minimum absolute atomic E-state index is 0.293. The number of hydrogen-bond acceptors (Lipinski definition) is 2. The fourth-order valence-corrected chi connectivity index (χ4v) is 2.64. The van der Waals surface area contributed by atoms with Crippen LogP contribution in [-0.2, 0) is 4.74 Å². The van der Waals surface area contributed by atoms with E-state index in [9.17, 15) is 0 Å². The molecule has 2 heteroatoms. The van der Waals surface area contributed by atoms with Crippen molar-refractivity contribution in [3.8, 4) is 0 Å². The molecule has 1 N–H and O–H groups in total. The van der Waals surface area contributed by atoms with Gasteiger partial charge in [-0.1, -0.05) is 11.1 Å². The normalized spacial score (nSPS) is 27.2. The maximum Gasteiger partial charge on any atom is 0.0951 e. The summed E-state index contributed by atoms with van der Waals surface area (Å²) < 4.78 is 5.80. The molecule has 1 atom stereocenters. The predicted molar refractivity (Wildman–Crippen MR) is 58.3 cm³/mol. The molecule has 0 aromatic rings. The van der Waals surface area contributed by atoms with E-state index in [2.05, 4.69) is 19.2 Å². The second-order valence-corrected chi connectivity index (χ2v) is 4.30. The van der Waals surface area contributed by atoms with Crippen LogP contribution in [0.3, 0.4) is 0 Å². The van der Waals surface area contributed by atoms with Gasteiger partial charge in [0.2, 0.25) is 0 Å². The maximum absolute atomic E-state index is 5.80. The Kier molecular flexibility index (Phi) is 2.75. The summed E-state index contributed by atoms with van der Waals surface area (Å²) in [7, 11) is 1.99. The van der Waals surface area contributed by atoms with Gasteiger partial charge in [0.25, 0.3) is 0 Å². The third kappa shape index (κ3) is 1.53. The van der Waals surface area contributed by atoms with E-state index in [4.69, 9.17) is 4.74 Å². The van der Waals surface area contributed by atoms with Gasteiger partial charge < -0.3 is 10.1 Å². The van der Waals surface area contributed by atoms with E-state index in [1.807, 2.05) is 7.05 Å². The molecule has 1 saturated heterocycles. The van der Waals surface area contributed by atoms with Crippen molar-refractivity contribution < 1.29 is 4.74 Å². The van der Waals surface area contributed by atoms with Crippen molar-refractivity contribution in [2.75, 3.05) is 20.2 Å². The minimum atomic E-state index is 0.293. The van der Waals surface area contributed by atoms with E-state index >= 15 is 0 Å². The lowest BCUT2D eigenvalue weighted by atomic mass is 9.95. The van der Waals surface area contributed by atoms with Crippen molar-refractivity contribution in [2.45, 2.75) is 32.8 Å². The highest BCUT2D eigenvalue weighted by Crippen LogP contribution is 2.39. The fourth-order valence-electron chi connectivity index (χ4n) is 2.64. The predicted octanol–water partition coefficient (Wildman–Crippen LogP) is 2.03. The van der Waals surface area contributed by atoms with Crippen LogP contribution in [0.1, 0.15) is 26.7 Å². The average Bonchev–Trinajstić information content (AvgIpc) is 2.44. The Morgan fingerprint density at radius 3 is 2.86 bits per heavy atom. The van der Waals surface area contributed by atoms with Crippen LogP contribution in [0, 0.1) is 0 Å². The van der Waals surface area contributed by atoms with Gasteiger partial charge in [0.05, 0.1) is 12.7 Å². The third-order valence-electron chi connectivity index (χ3n) is 3.21. The van der Waals surface area contributed by atoms with Gasteiger partial charge in [-0.05, 0) is 44.9 Å². The van der Waals surface area contributed by atoms with Gasteiger partial charge in [-0.3, -0.25) is 0 Å². The number of likely N-dealkylation sites (N-methyl/N-ethyl adjacent to an activating group) is 1.